The van der Waals surface area contributed by atoms with Gasteiger partial charge in [0.05, 0.1) is 5.56 Å². The van der Waals surface area contributed by atoms with Crippen LogP contribution in [0, 0.1) is 0 Å². The summed E-state index contributed by atoms with van der Waals surface area (Å²) in [7, 11) is 0. The number of hydrogen-bond donors (Lipinski definition) is 2. The highest BCUT2D eigenvalue weighted by Gasteiger charge is 2.29. The average Bonchev–Trinajstić information content (AvgIpc) is 2.04. The summed E-state index contributed by atoms with van der Waals surface area (Å²) in [4.78, 5) is 0. The van der Waals surface area contributed by atoms with E-state index in [0.717, 1.165) is 17.7 Å². The molecule has 88 valence electrons. The summed E-state index contributed by atoms with van der Waals surface area (Å²) >= 11 is 0. The Labute approximate surface area is 97.8 Å². The summed E-state index contributed by atoms with van der Waals surface area (Å²) < 4.78 is 36.2. The standard InChI is InChI=1S/C8H9F3N2.2ClH/c9-8(10,11)7-3-1-6(2-4-7)5-13-12;;/h1-4,13H,5,12H2;2*1H. The topological polar surface area (TPSA) is 38.0 Å². The van der Waals surface area contributed by atoms with Crippen molar-refractivity contribution in [3.05, 3.63) is 35.4 Å². The first kappa shape index (κ1) is 16.9. The highest BCUT2D eigenvalue weighted by atomic mass is 35.5. The van der Waals surface area contributed by atoms with E-state index < -0.39 is 11.7 Å². The van der Waals surface area contributed by atoms with Crippen LogP contribution < -0.4 is 11.3 Å². The number of hydrazine groups is 1. The molecular weight excluding hydrogens is 252 g/mol. The maximum Gasteiger partial charge on any atom is 0.416 e. The zero-order chi connectivity index (χ0) is 9.90. The molecule has 0 aliphatic rings. The number of nitrogens with one attached hydrogen (secondary N) is 1. The fraction of sp³-hybridized carbons (Fsp3) is 0.250. The van der Waals surface area contributed by atoms with E-state index in [-0.39, 0.29) is 24.8 Å². The van der Waals surface area contributed by atoms with Crippen molar-refractivity contribution in [1.29, 1.82) is 0 Å². The molecule has 0 aliphatic carbocycles. The second kappa shape index (κ2) is 6.90. The van der Waals surface area contributed by atoms with Gasteiger partial charge in [-0.25, -0.2) is 0 Å². The predicted molar refractivity (Wildman–Crippen MR) is 57.0 cm³/mol. The van der Waals surface area contributed by atoms with Gasteiger partial charge in [-0.3, -0.25) is 11.3 Å². The predicted octanol–water partition coefficient (Wildman–Crippen LogP) is 2.51. The summed E-state index contributed by atoms with van der Waals surface area (Å²) in [5.41, 5.74) is 2.43. The molecule has 0 bridgehead atoms. The van der Waals surface area contributed by atoms with Gasteiger partial charge in [-0.1, -0.05) is 12.1 Å². The quantitative estimate of drug-likeness (QED) is 0.635. The van der Waals surface area contributed by atoms with Gasteiger partial charge in [0, 0.05) is 6.54 Å². The first-order chi connectivity index (χ1) is 6.04. The minimum absolute atomic E-state index is 0. The van der Waals surface area contributed by atoms with Gasteiger partial charge in [0.2, 0.25) is 0 Å². The molecule has 0 unspecified atom stereocenters. The first-order valence-corrected chi connectivity index (χ1v) is 3.63. The molecule has 2 nitrogen and oxygen atoms in total. The molecule has 1 rings (SSSR count). The minimum atomic E-state index is -4.27. The number of halogens is 5. The van der Waals surface area contributed by atoms with Crippen molar-refractivity contribution in [3.63, 3.8) is 0 Å². The van der Waals surface area contributed by atoms with Crippen LogP contribution in [0.3, 0.4) is 0 Å². The fourth-order valence-corrected chi connectivity index (χ4v) is 0.929. The number of alkyl halides is 3. The van der Waals surface area contributed by atoms with Crippen molar-refractivity contribution in [2.45, 2.75) is 12.7 Å². The molecule has 0 spiro atoms. The number of rotatable bonds is 2. The third-order valence-corrected chi connectivity index (χ3v) is 1.59. The molecule has 0 amide bonds. The van der Waals surface area contributed by atoms with Crippen molar-refractivity contribution in [1.82, 2.24) is 5.43 Å². The SMILES string of the molecule is Cl.Cl.NNCc1ccc(C(F)(F)F)cc1. The Morgan fingerprint density at radius 1 is 1.07 bits per heavy atom. The lowest BCUT2D eigenvalue weighted by Gasteiger charge is -2.06. The van der Waals surface area contributed by atoms with Crippen molar-refractivity contribution >= 4 is 24.8 Å². The van der Waals surface area contributed by atoms with Gasteiger partial charge >= 0.3 is 6.18 Å². The summed E-state index contributed by atoms with van der Waals surface area (Å²) in [5.74, 6) is 5.01. The molecule has 1 aromatic rings. The lowest BCUT2D eigenvalue weighted by Crippen LogP contribution is -2.20. The van der Waals surface area contributed by atoms with E-state index in [4.69, 9.17) is 5.84 Å². The molecule has 0 atom stereocenters. The number of hydrogen-bond acceptors (Lipinski definition) is 2. The largest absolute Gasteiger partial charge is 0.416 e. The zero-order valence-corrected chi connectivity index (χ0v) is 9.18. The van der Waals surface area contributed by atoms with Crippen LogP contribution in [0.25, 0.3) is 0 Å². The van der Waals surface area contributed by atoms with Crippen molar-refractivity contribution < 1.29 is 13.2 Å². The van der Waals surface area contributed by atoms with E-state index in [0.29, 0.717) is 6.54 Å². The highest BCUT2D eigenvalue weighted by Crippen LogP contribution is 2.28. The Hall–Kier alpha value is -0.490. The fourth-order valence-electron chi connectivity index (χ4n) is 0.929. The Kier molecular flexibility index (Phi) is 7.78. The molecule has 3 N–H and O–H groups in total. The van der Waals surface area contributed by atoms with Gasteiger partial charge in [-0.15, -0.1) is 24.8 Å². The summed E-state index contributed by atoms with van der Waals surface area (Å²) in [6.45, 7) is 0.359. The van der Waals surface area contributed by atoms with E-state index >= 15 is 0 Å². The van der Waals surface area contributed by atoms with Crippen LogP contribution in [0.15, 0.2) is 24.3 Å². The van der Waals surface area contributed by atoms with Crippen LogP contribution in [0.2, 0.25) is 0 Å². The monoisotopic (exact) mass is 262 g/mol. The minimum Gasteiger partial charge on any atom is -0.271 e. The molecular formula is C8H11Cl2F3N2. The van der Waals surface area contributed by atoms with E-state index in [1.165, 1.54) is 12.1 Å². The van der Waals surface area contributed by atoms with Crippen LogP contribution in [-0.2, 0) is 12.7 Å². The van der Waals surface area contributed by atoms with E-state index in [9.17, 15) is 13.2 Å². The summed E-state index contributed by atoms with van der Waals surface area (Å²) in [6.07, 6.45) is -4.27. The zero-order valence-electron chi connectivity index (χ0n) is 7.54. The van der Waals surface area contributed by atoms with E-state index in [2.05, 4.69) is 5.43 Å². The first-order valence-electron chi connectivity index (χ1n) is 3.63. The Balaban J connectivity index is 0. The van der Waals surface area contributed by atoms with Crippen molar-refractivity contribution in [3.8, 4) is 0 Å². The molecule has 0 saturated carbocycles. The Bertz CT molecular complexity index is 274. The smallest absolute Gasteiger partial charge is 0.271 e. The van der Waals surface area contributed by atoms with Gasteiger partial charge < -0.3 is 0 Å². The lowest BCUT2D eigenvalue weighted by molar-refractivity contribution is -0.137. The summed E-state index contributed by atoms with van der Waals surface area (Å²) in [5, 5.41) is 0. The summed E-state index contributed by atoms with van der Waals surface area (Å²) in [6, 6.07) is 4.85. The van der Waals surface area contributed by atoms with Crippen LogP contribution in [0.5, 0.6) is 0 Å². The lowest BCUT2D eigenvalue weighted by atomic mass is 10.1. The molecule has 0 fully saturated rings. The number of benzene rings is 1. The van der Waals surface area contributed by atoms with Gasteiger partial charge in [0.1, 0.15) is 0 Å². The molecule has 1 aromatic carbocycles. The molecule has 15 heavy (non-hydrogen) atoms. The molecule has 7 heteroatoms. The van der Waals surface area contributed by atoms with Crippen LogP contribution in [0.1, 0.15) is 11.1 Å². The van der Waals surface area contributed by atoms with Gasteiger partial charge in [-0.2, -0.15) is 13.2 Å². The van der Waals surface area contributed by atoms with Gasteiger partial charge in [-0.05, 0) is 17.7 Å². The van der Waals surface area contributed by atoms with Gasteiger partial charge in [0.25, 0.3) is 0 Å². The molecule has 0 radical (unpaired) electrons. The van der Waals surface area contributed by atoms with Crippen molar-refractivity contribution in [2.75, 3.05) is 0 Å². The van der Waals surface area contributed by atoms with E-state index in [1.807, 2.05) is 0 Å². The van der Waals surface area contributed by atoms with Crippen LogP contribution in [-0.4, -0.2) is 0 Å². The molecule has 0 heterocycles. The number of nitrogens with two attached hydrogens (primary N) is 1. The Morgan fingerprint density at radius 2 is 1.53 bits per heavy atom. The maximum atomic E-state index is 12.1. The maximum absolute atomic E-state index is 12.1. The van der Waals surface area contributed by atoms with Crippen LogP contribution >= 0.6 is 24.8 Å². The third-order valence-electron chi connectivity index (χ3n) is 1.59. The van der Waals surface area contributed by atoms with Crippen LogP contribution in [0.4, 0.5) is 13.2 Å². The van der Waals surface area contributed by atoms with E-state index in [1.54, 1.807) is 0 Å². The molecule has 0 saturated heterocycles. The normalized spacial score (nSPS) is 10.1. The second-order valence-electron chi connectivity index (χ2n) is 2.58. The van der Waals surface area contributed by atoms with Gasteiger partial charge in [0.15, 0.2) is 0 Å². The highest BCUT2D eigenvalue weighted by molar-refractivity contribution is 5.85. The molecule has 0 aliphatic heterocycles. The average molecular weight is 263 g/mol. The third kappa shape index (κ3) is 5.22. The molecule has 0 aromatic heterocycles. The Morgan fingerprint density at radius 3 is 1.87 bits per heavy atom. The second-order valence-corrected chi connectivity index (χ2v) is 2.58. The van der Waals surface area contributed by atoms with Crippen molar-refractivity contribution in [2.24, 2.45) is 5.84 Å².